The molecule has 3 aromatic rings. The van der Waals surface area contributed by atoms with Gasteiger partial charge < -0.3 is 13.8 Å². The molecule has 25 heavy (non-hydrogen) atoms. The topological polar surface area (TPSA) is 93.3 Å². The Bertz CT molecular complexity index is 1560. The minimum absolute atomic E-state index is 0.0474. The van der Waals surface area contributed by atoms with E-state index in [0.717, 1.165) is 0 Å². The summed E-state index contributed by atoms with van der Waals surface area (Å²) < 4.78 is 10.8. The Morgan fingerprint density at radius 3 is 2.32 bits per heavy atom. The van der Waals surface area contributed by atoms with Crippen molar-refractivity contribution in [3.63, 3.8) is 0 Å². The van der Waals surface area contributed by atoms with E-state index in [1.54, 1.807) is 36.4 Å². The van der Waals surface area contributed by atoms with Crippen LogP contribution in [-0.4, -0.2) is 4.98 Å². The average molecular weight is 331 g/mol. The number of rotatable bonds is 0. The lowest BCUT2D eigenvalue weighted by atomic mass is 10.1. The summed E-state index contributed by atoms with van der Waals surface area (Å²) in [4.78, 5) is 39.7. The number of aromatic nitrogens is 1. The van der Waals surface area contributed by atoms with E-state index in [2.05, 4.69) is 4.98 Å². The van der Waals surface area contributed by atoms with Crippen LogP contribution >= 0.6 is 0 Å². The van der Waals surface area contributed by atoms with E-state index in [1.165, 1.54) is 12.1 Å². The van der Waals surface area contributed by atoms with Crippen molar-refractivity contribution < 1.29 is 8.83 Å². The Hall–Kier alpha value is -3.67. The molecule has 6 nitrogen and oxygen atoms in total. The highest BCUT2D eigenvalue weighted by molar-refractivity contribution is 5.90. The van der Waals surface area contributed by atoms with Crippen LogP contribution in [0.1, 0.15) is 0 Å². The number of benzene rings is 2. The Labute approximate surface area is 137 Å². The van der Waals surface area contributed by atoms with Crippen molar-refractivity contribution in [2.75, 3.05) is 0 Å². The molecule has 5 rings (SSSR count). The van der Waals surface area contributed by atoms with E-state index in [4.69, 9.17) is 8.83 Å². The Balaban J connectivity index is 2.08. The van der Waals surface area contributed by atoms with Gasteiger partial charge in [0.25, 0.3) is 0 Å². The molecule has 2 aromatic carbocycles. The van der Waals surface area contributed by atoms with Crippen LogP contribution in [0.2, 0.25) is 0 Å². The van der Waals surface area contributed by atoms with Crippen molar-refractivity contribution in [2.45, 2.75) is 0 Å². The standard InChI is InChI=1S/C19H9NO5/c21-15-6-5-9-7-12-14(8-13(9)24-15)25-19-16(20-12)17(22)10-3-1-2-4-11(10)18(19)23/h1-8,20H. The third kappa shape index (κ3) is 1.88. The maximum atomic E-state index is 12.7. The zero-order valence-corrected chi connectivity index (χ0v) is 12.7. The minimum atomic E-state index is -0.478. The highest BCUT2D eigenvalue weighted by Gasteiger charge is 2.12. The average Bonchev–Trinajstić information content (AvgIpc) is 2.63. The van der Waals surface area contributed by atoms with Crippen molar-refractivity contribution in [3.05, 3.63) is 90.2 Å². The summed E-state index contributed by atoms with van der Waals surface area (Å²) in [7, 11) is 0. The van der Waals surface area contributed by atoms with Crippen LogP contribution in [0.15, 0.2) is 71.7 Å². The van der Waals surface area contributed by atoms with Gasteiger partial charge in [0.15, 0.2) is 5.58 Å². The molecule has 0 spiro atoms. The van der Waals surface area contributed by atoms with E-state index in [-0.39, 0.29) is 21.6 Å². The van der Waals surface area contributed by atoms with Gasteiger partial charge >= 0.3 is 5.63 Å². The van der Waals surface area contributed by atoms with Gasteiger partial charge in [-0.3, -0.25) is 9.59 Å². The molecule has 0 saturated heterocycles. The first-order chi connectivity index (χ1) is 12.1. The van der Waals surface area contributed by atoms with Crippen molar-refractivity contribution in [3.8, 4) is 0 Å². The maximum Gasteiger partial charge on any atom is 0.336 e. The molecule has 1 aliphatic heterocycles. The van der Waals surface area contributed by atoms with Crippen LogP contribution in [0.25, 0.3) is 32.8 Å². The van der Waals surface area contributed by atoms with Crippen molar-refractivity contribution in [2.24, 2.45) is 0 Å². The molecule has 2 aliphatic rings. The molecule has 0 fully saturated rings. The molecule has 0 atom stereocenters. The van der Waals surface area contributed by atoms with E-state index in [0.29, 0.717) is 32.8 Å². The first-order valence-corrected chi connectivity index (χ1v) is 7.57. The quantitative estimate of drug-likeness (QED) is 0.440. The van der Waals surface area contributed by atoms with Gasteiger partial charge in [0.05, 0.1) is 5.52 Å². The zero-order valence-electron chi connectivity index (χ0n) is 12.7. The second kappa shape index (κ2) is 4.67. The highest BCUT2D eigenvalue weighted by Crippen LogP contribution is 2.20. The maximum absolute atomic E-state index is 12.7. The van der Waals surface area contributed by atoms with Crippen molar-refractivity contribution in [1.82, 2.24) is 4.98 Å². The summed E-state index contributed by atoms with van der Waals surface area (Å²) in [5, 5.41) is 1.45. The lowest BCUT2D eigenvalue weighted by Crippen LogP contribution is -2.16. The Morgan fingerprint density at radius 1 is 0.760 bits per heavy atom. The molecule has 1 aliphatic carbocycles. The summed E-state index contributed by atoms with van der Waals surface area (Å²) >= 11 is 0. The van der Waals surface area contributed by atoms with E-state index in [9.17, 15) is 14.4 Å². The van der Waals surface area contributed by atoms with Crippen LogP contribution in [-0.2, 0) is 0 Å². The number of H-pyrrole nitrogens is 1. The molecular weight excluding hydrogens is 322 g/mol. The molecule has 0 amide bonds. The largest absolute Gasteiger partial charge is 0.449 e. The molecule has 120 valence electrons. The third-order valence-electron chi connectivity index (χ3n) is 4.27. The summed E-state index contributed by atoms with van der Waals surface area (Å²) in [6.07, 6.45) is 0. The lowest BCUT2D eigenvalue weighted by molar-refractivity contribution is 0.547. The second-order valence-electron chi connectivity index (χ2n) is 5.78. The van der Waals surface area contributed by atoms with Crippen LogP contribution in [0.3, 0.4) is 0 Å². The second-order valence-corrected chi connectivity index (χ2v) is 5.78. The molecule has 6 heteroatoms. The van der Waals surface area contributed by atoms with Crippen LogP contribution in [0.4, 0.5) is 0 Å². The third-order valence-corrected chi connectivity index (χ3v) is 4.27. The first kappa shape index (κ1) is 13.7. The van der Waals surface area contributed by atoms with Gasteiger partial charge in [-0.25, -0.2) is 4.79 Å². The molecule has 0 saturated carbocycles. The lowest BCUT2D eigenvalue weighted by Gasteiger charge is -2.03. The summed E-state index contributed by atoms with van der Waals surface area (Å²) in [5.41, 5.74) is 0.00477. The van der Waals surface area contributed by atoms with Gasteiger partial charge in [-0.2, -0.15) is 0 Å². The zero-order chi connectivity index (χ0) is 17.1. The number of aromatic amines is 1. The molecule has 0 bridgehead atoms. The minimum Gasteiger partial charge on any atom is -0.449 e. The Morgan fingerprint density at radius 2 is 1.52 bits per heavy atom. The SMILES string of the molecule is O=c1ccc2cc3[nH]c4c(=O)c5ccccc5c(=O)c=4oc3cc2o1. The van der Waals surface area contributed by atoms with Crippen molar-refractivity contribution in [1.29, 1.82) is 0 Å². The molecule has 0 radical (unpaired) electrons. The number of hydrogen-bond donors (Lipinski definition) is 1. The number of hydrogen-bond acceptors (Lipinski definition) is 5. The van der Waals surface area contributed by atoms with Crippen LogP contribution in [0, 0.1) is 10.8 Å². The molecule has 0 unspecified atom stereocenters. The van der Waals surface area contributed by atoms with Gasteiger partial charge in [0.1, 0.15) is 10.9 Å². The fraction of sp³-hybridized carbons (Fsp3) is 0. The first-order valence-electron chi connectivity index (χ1n) is 7.57. The van der Waals surface area contributed by atoms with Gasteiger partial charge in [-0.05, 0) is 12.1 Å². The fourth-order valence-corrected chi connectivity index (χ4v) is 3.09. The molecular formula is C19H9NO5. The van der Waals surface area contributed by atoms with Gasteiger partial charge in [0, 0.05) is 28.3 Å². The molecule has 1 aromatic heterocycles. The van der Waals surface area contributed by atoms with Crippen LogP contribution in [0.5, 0.6) is 0 Å². The Kier molecular flexibility index (Phi) is 2.57. The predicted molar refractivity (Wildman–Crippen MR) is 92.0 cm³/mol. The summed E-state index contributed by atoms with van der Waals surface area (Å²) in [6.45, 7) is 0. The monoisotopic (exact) mass is 331 g/mol. The van der Waals surface area contributed by atoms with E-state index >= 15 is 0 Å². The molecule has 2 heterocycles. The normalized spacial score (nSPS) is 11.7. The highest BCUT2D eigenvalue weighted by atomic mass is 16.4. The van der Waals surface area contributed by atoms with Gasteiger partial charge in [-0.1, -0.05) is 24.3 Å². The van der Waals surface area contributed by atoms with E-state index in [1.807, 2.05) is 0 Å². The van der Waals surface area contributed by atoms with E-state index < -0.39 is 5.63 Å². The van der Waals surface area contributed by atoms with Gasteiger partial charge in [0.2, 0.25) is 16.3 Å². The van der Waals surface area contributed by atoms with Gasteiger partial charge in [-0.15, -0.1) is 0 Å². The summed E-state index contributed by atoms with van der Waals surface area (Å²) in [6, 6.07) is 12.8. The predicted octanol–water partition coefficient (Wildman–Crippen LogP) is 2.47. The van der Waals surface area contributed by atoms with Crippen molar-refractivity contribution >= 4 is 32.8 Å². The molecule has 1 N–H and O–H groups in total. The smallest absolute Gasteiger partial charge is 0.336 e. The summed E-state index contributed by atoms with van der Waals surface area (Å²) in [5.74, 6) is 0. The number of nitrogens with one attached hydrogen (secondary N) is 1. The number of fused-ring (bicyclic) bond motifs is 3. The van der Waals surface area contributed by atoms with Crippen LogP contribution < -0.4 is 16.5 Å². The fourth-order valence-electron chi connectivity index (χ4n) is 3.09.